The van der Waals surface area contributed by atoms with Crippen LogP contribution < -0.4 is 5.56 Å². The fourth-order valence-corrected chi connectivity index (χ4v) is 2.43. The number of rotatable bonds is 5. The second-order valence-electron chi connectivity index (χ2n) is 4.45. The summed E-state index contributed by atoms with van der Waals surface area (Å²) in [7, 11) is 0. The quantitative estimate of drug-likeness (QED) is 0.289. The van der Waals surface area contributed by atoms with Crippen molar-refractivity contribution >= 4 is 23.2 Å². The second-order valence-corrected chi connectivity index (χ2v) is 5.42. The van der Waals surface area contributed by atoms with Gasteiger partial charge in [0.25, 0.3) is 11.2 Å². The summed E-state index contributed by atoms with van der Waals surface area (Å²) in [5, 5.41) is 10.3. The molecule has 1 aromatic carbocycles. The van der Waals surface area contributed by atoms with Gasteiger partial charge in [0, 0.05) is 23.8 Å². The van der Waals surface area contributed by atoms with E-state index in [0.29, 0.717) is 17.8 Å². The predicted molar refractivity (Wildman–Crippen MR) is 78.0 cm³/mol. The van der Waals surface area contributed by atoms with Gasteiger partial charge in [-0.3, -0.25) is 19.7 Å². The molecule has 24 heavy (non-hydrogen) atoms. The van der Waals surface area contributed by atoms with Crippen LogP contribution >= 0.6 is 11.8 Å². The summed E-state index contributed by atoms with van der Waals surface area (Å²) >= 11 is 0.596. The molecule has 0 saturated carbocycles. The van der Waals surface area contributed by atoms with E-state index in [0.717, 1.165) is 6.07 Å². The molecule has 0 saturated heterocycles. The number of aromatic amines is 1. The van der Waals surface area contributed by atoms with Gasteiger partial charge in [-0.15, -0.1) is 0 Å². The molecular formula is C13H8F3N3O4S. The number of thioether (sulfide) groups is 1. The normalized spacial score (nSPS) is 11.3. The maximum absolute atomic E-state index is 12.6. The maximum Gasteiger partial charge on any atom is 0.433 e. The minimum Gasteiger partial charge on any atom is -0.301 e. The van der Waals surface area contributed by atoms with Crippen LogP contribution in [0.1, 0.15) is 16.1 Å². The van der Waals surface area contributed by atoms with Gasteiger partial charge in [0.2, 0.25) is 0 Å². The molecule has 7 nitrogen and oxygen atoms in total. The largest absolute Gasteiger partial charge is 0.433 e. The number of hydrogen-bond acceptors (Lipinski definition) is 6. The third kappa shape index (κ3) is 4.41. The van der Waals surface area contributed by atoms with Gasteiger partial charge in [-0.25, -0.2) is 4.98 Å². The number of alkyl halides is 3. The van der Waals surface area contributed by atoms with Gasteiger partial charge < -0.3 is 4.98 Å². The number of benzene rings is 1. The number of carbonyl (C=O) groups excluding carboxylic acids is 1. The number of non-ortho nitro benzene ring substituents is 1. The molecule has 1 heterocycles. The molecule has 11 heteroatoms. The lowest BCUT2D eigenvalue weighted by atomic mass is 10.1. The molecule has 0 unspecified atom stereocenters. The molecule has 0 fully saturated rings. The van der Waals surface area contributed by atoms with Crippen molar-refractivity contribution in [1.82, 2.24) is 9.97 Å². The number of ketones is 1. The molecule has 0 spiro atoms. The first-order valence-electron chi connectivity index (χ1n) is 6.26. The van der Waals surface area contributed by atoms with Crippen molar-refractivity contribution in [1.29, 1.82) is 0 Å². The van der Waals surface area contributed by atoms with Crippen molar-refractivity contribution in [2.75, 3.05) is 5.75 Å². The first-order valence-corrected chi connectivity index (χ1v) is 7.24. The number of H-pyrrole nitrogens is 1. The summed E-state index contributed by atoms with van der Waals surface area (Å²) in [4.78, 5) is 38.5. The number of carbonyl (C=O) groups is 1. The minimum atomic E-state index is -4.78. The first-order chi connectivity index (χ1) is 11.2. The Morgan fingerprint density at radius 2 is 2.04 bits per heavy atom. The molecule has 2 aromatic rings. The average molecular weight is 359 g/mol. The van der Waals surface area contributed by atoms with Crippen molar-refractivity contribution in [3.05, 3.63) is 62.1 Å². The Morgan fingerprint density at radius 1 is 1.33 bits per heavy atom. The van der Waals surface area contributed by atoms with Crippen LogP contribution in [0.3, 0.4) is 0 Å². The highest BCUT2D eigenvalue weighted by Crippen LogP contribution is 2.27. The Balaban J connectivity index is 2.15. The fourth-order valence-electron chi connectivity index (χ4n) is 1.66. The highest BCUT2D eigenvalue weighted by Gasteiger charge is 2.33. The number of aromatic nitrogens is 2. The number of hydrogen-bond donors (Lipinski definition) is 1. The number of nitro benzene ring substituents is 1. The van der Waals surface area contributed by atoms with E-state index in [9.17, 15) is 32.9 Å². The van der Waals surface area contributed by atoms with E-state index in [1.807, 2.05) is 0 Å². The standard InChI is InChI=1S/C13H8F3N3O4S/c14-13(15,16)10-5-11(21)18-12(17-10)24-6-9(20)7-2-1-3-8(4-7)19(22)23/h1-5H,6H2,(H,17,18,21). The minimum absolute atomic E-state index is 0.0334. The molecule has 1 N–H and O–H groups in total. The number of Topliss-reactive ketones (excluding diaryl/α,β-unsaturated/α-hetero) is 1. The molecule has 1 aromatic heterocycles. The summed E-state index contributed by atoms with van der Waals surface area (Å²) in [6.45, 7) is 0. The Labute approximate surface area is 136 Å². The van der Waals surface area contributed by atoms with E-state index in [2.05, 4.69) is 9.97 Å². The summed E-state index contributed by atoms with van der Waals surface area (Å²) in [5.74, 6) is -0.894. The van der Waals surface area contributed by atoms with Gasteiger partial charge in [0.05, 0.1) is 10.7 Å². The van der Waals surface area contributed by atoms with Crippen molar-refractivity contribution < 1.29 is 22.9 Å². The summed E-state index contributed by atoms with van der Waals surface area (Å²) in [6.07, 6.45) is -4.78. The molecule has 0 atom stereocenters. The van der Waals surface area contributed by atoms with Crippen molar-refractivity contribution in [3.63, 3.8) is 0 Å². The first kappa shape index (κ1) is 17.7. The molecule has 2 rings (SSSR count). The smallest absolute Gasteiger partial charge is 0.301 e. The van der Waals surface area contributed by atoms with E-state index < -0.39 is 28.1 Å². The Hall–Kier alpha value is -2.69. The molecule has 0 aliphatic heterocycles. The zero-order chi connectivity index (χ0) is 17.9. The lowest BCUT2D eigenvalue weighted by molar-refractivity contribution is -0.384. The van der Waals surface area contributed by atoms with Crippen LogP contribution in [0.2, 0.25) is 0 Å². The summed E-state index contributed by atoms with van der Waals surface area (Å²) in [6, 6.07) is 5.24. The molecule has 0 radical (unpaired) electrons. The molecule has 0 amide bonds. The van der Waals surface area contributed by atoms with Crippen LogP contribution in [0.5, 0.6) is 0 Å². The topological polar surface area (TPSA) is 106 Å². The zero-order valence-electron chi connectivity index (χ0n) is 11.7. The van der Waals surface area contributed by atoms with Crippen LogP contribution in [-0.2, 0) is 6.18 Å². The van der Waals surface area contributed by atoms with Gasteiger partial charge in [-0.05, 0) is 0 Å². The van der Waals surface area contributed by atoms with E-state index in [4.69, 9.17) is 0 Å². The third-order valence-electron chi connectivity index (χ3n) is 2.73. The third-order valence-corrected chi connectivity index (χ3v) is 3.60. The zero-order valence-corrected chi connectivity index (χ0v) is 12.5. The van der Waals surface area contributed by atoms with E-state index in [-0.39, 0.29) is 22.2 Å². The Bertz CT molecular complexity index is 851. The second kappa shape index (κ2) is 6.83. The lowest BCUT2D eigenvalue weighted by Gasteiger charge is -2.06. The molecule has 0 aliphatic rings. The van der Waals surface area contributed by atoms with E-state index >= 15 is 0 Å². The summed E-state index contributed by atoms with van der Waals surface area (Å²) < 4.78 is 37.7. The summed E-state index contributed by atoms with van der Waals surface area (Å²) in [5.41, 5.74) is -2.61. The molecule has 126 valence electrons. The van der Waals surface area contributed by atoms with Crippen molar-refractivity contribution in [3.8, 4) is 0 Å². The van der Waals surface area contributed by atoms with Crippen LogP contribution in [0.25, 0.3) is 0 Å². The van der Waals surface area contributed by atoms with Crippen molar-refractivity contribution in [2.45, 2.75) is 11.3 Å². The predicted octanol–water partition coefficient (Wildman–Crippen LogP) is 2.67. The van der Waals surface area contributed by atoms with Gasteiger partial charge in [0.1, 0.15) is 0 Å². The number of nitro groups is 1. The van der Waals surface area contributed by atoms with E-state index in [1.54, 1.807) is 0 Å². The Morgan fingerprint density at radius 3 is 2.67 bits per heavy atom. The van der Waals surface area contributed by atoms with Crippen LogP contribution in [0.15, 0.2) is 40.3 Å². The SMILES string of the molecule is O=C(CSc1nc(C(F)(F)F)cc(=O)[nH]1)c1cccc([N+](=O)[O-])c1. The lowest BCUT2D eigenvalue weighted by Crippen LogP contribution is -2.17. The van der Waals surface area contributed by atoms with Gasteiger partial charge in [0.15, 0.2) is 16.6 Å². The Kier molecular flexibility index (Phi) is 5.02. The van der Waals surface area contributed by atoms with Gasteiger partial charge in [-0.2, -0.15) is 13.2 Å². The average Bonchev–Trinajstić information content (AvgIpc) is 2.51. The number of nitrogens with one attached hydrogen (secondary N) is 1. The van der Waals surface area contributed by atoms with Crippen molar-refractivity contribution in [2.24, 2.45) is 0 Å². The fraction of sp³-hybridized carbons (Fsp3) is 0.154. The number of nitrogens with zero attached hydrogens (tertiary/aromatic N) is 2. The van der Waals surface area contributed by atoms with Crippen LogP contribution in [-0.4, -0.2) is 26.4 Å². The molecule has 0 aliphatic carbocycles. The van der Waals surface area contributed by atoms with Crippen LogP contribution in [0, 0.1) is 10.1 Å². The highest BCUT2D eigenvalue weighted by atomic mass is 32.2. The van der Waals surface area contributed by atoms with Gasteiger partial charge in [-0.1, -0.05) is 23.9 Å². The molecule has 0 bridgehead atoms. The monoisotopic (exact) mass is 359 g/mol. The number of halogens is 3. The van der Waals surface area contributed by atoms with Gasteiger partial charge >= 0.3 is 6.18 Å². The van der Waals surface area contributed by atoms with Crippen LogP contribution in [0.4, 0.5) is 18.9 Å². The maximum atomic E-state index is 12.6. The van der Waals surface area contributed by atoms with E-state index in [1.165, 1.54) is 18.2 Å². The highest BCUT2D eigenvalue weighted by molar-refractivity contribution is 7.99. The molecular weight excluding hydrogens is 351 g/mol.